The van der Waals surface area contributed by atoms with Gasteiger partial charge in [-0.05, 0) is 12.0 Å². The molecule has 0 aliphatic carbocycles. The molecule has 0 bridgehead atoms. The van der Waals surface area contributed by atoms with E-state index in [0.717, 1.165) is 18.4 Å². The lowest BCUT2D eigenvalue weighted by atomic mass is 10.0. The number of nitro groups is 1. The molecular formula is C15H22N4O3. The SMILES string of the molecule is CCCC(C)C(=O)NC1CC(c2cccc([N+](=O)[O-])c2)NN1. The first-order chi connectivity index (χ1) is 10.5. The van der Waals surface area contributed by atoms with Crippen LogP contribution in [0.15, 0.2) is 24.3 Å². The van der Waals surface area contributed by atoms with Crippen molar-refractivity contribution in [2.75, 3.05) is 0 Å². The lowest BCUT2D eigenvalue weighted by molar-refractivity contribution is -0.384. The van der Waals surface area contributed by atoms with Crippen LogP contribution >= 0.6 is 0 Å². The molecule has 3 unspecified atom stereocenters. The number of hydrogen-bond acceptors (Lipinski definition) is 5. The number of nitrogens with one attached hydrogen (secondary N) is 3. The number of non-ortho nitro benzene ring substituents is 1. The van der Waals surface area contributed by atoms with E-state index in [1.54, 1.807) is 12.1 Å². The van der Waals surface area contributed by atoms with Gasteiger partial charge in [-0.3, -0.25) is 14.9 Å². The standard InChI is InChI=1S/C15H22N4O3/c1-3-5-10(2)15(20)16-14-9-13(17-18-14)11-6-4-7-12(8-11)19(21)22/h4,6-8,10,13-14,17-18H,3,5,9H2,1-2H3,(H,16,20). The van der Waals surface area contributed by atoms with E-state index < -0.39 is 4.92 Å². The number of amides is 1. The van der Waals surface area contributed by atoms with Crippen LogP contribution in [0.4, 0.5) is 5.69 Å². The average molecular weight is 306 g/mol. The molecule has 1 aromatic rings. The van der Waals surface area contributed by atoms with Crippen LogP contribution in [-0.2, 0) is 4.79 Å². The number of hydrazine groups is 1. The number of nitrogens with zero attached hydrogens (tertiary/aromatic N) is 1. The molecule has 2 rings (SSSR count). The Morgan fingerprint density at radius 1 is 1.50 bits per heavy atom. The van der Waals surface area contributed by atoms with Crippen LogP contribution < -0.4 is 16.2 Å². The first-order valence-electron chi connectivity index (χ1n) is 7.57. The number of benzene rings is 1. The average Bonchev–Trinajstić information content (AvgIpc) is 2.96. The summed E-state index contributed by atoms with van der Waals surface area (Å²) in [5.41, 5.74) is 7.01. The Labute approximate surface area is 129 Å². The summed E-state index contributed by atoms with van der Waals surface area (Å²) in [6, 6.07) is 6.48. The minimum absolute atomic E-state index is 0.0105. The normalized spacial score (nSPS) is 22.3. The molecule has 7 heteroatoms. The number of rotatable bonds is 6. The maximum atomic E-state index is 12.0. The van der Waals surface area contributed by atoms with E-state index in [0.29, 0.717) is 6.42 Å². The van der Waals surface area contributed by atoms with Gasteiger partial charge in [-0.15, -0.1) is 0 Å². The van der Waals surface area contributed by atoms with Gasteiger partial charge in [-0.1, -0.05) is 32.4 Å². The van der Waals surface area contributed by atoms with E-state index >= 15 is 0 Å². The Morgan fingerprint density at radius 3 is 2.95 bits per heavy atom. The third kappa shape index (κ3) is 4.02. The van der Waals surface area contributed by atoms with Crippen LogP contribution in [0.5, 0.6) is 0 Å². The van der Waals surface area contributed by atoms with E-state index in [4.69, 9.17) is 0 Å². The Morgan fingerprint density at radius 2 is 2.27 bits per heavy atom. The summed E-state index contributed by atoms with van der Waals surface area (Å²) in [6.45, 7) is 3.97. The zero-order chi connectivity index (χ0) is 16.1. The van der Waals surface area contributed by atoms with Gasteiger partial charge >= 0.3 is 0 Å². The van der Waals surface area contributed by atoms with Gasteiger partial charge in [0.05, 0.1) is 11.1 Å². The Balaban J connectivity index is 1.94. The van der Waals surface area contributed by atoms with Gasteiger partial charge in [0.1, 0.15) is 0 Å². The third-order valence-electron chi connectivity index (χ3n) is 3.87. The molecule has 7 nitrogen and oxygen atoms in total. The van der Waals surface area contributed by atoms with Crippen LogP contribution in [0.25, 0.3) is 0 Å². The summed E-state index contributed by atoms with van der Waals surface area (Å²) < 4.78 is 0. The first-order valence-corrected chi connectivity index (χ1v) is 7.57. The molecular weight excluding hydrogens is 284 g/mol. The maximum Gasteiger partial charge on any atom is 0.269 e. The van der Waals surface area contributed by atoms with Crippen molar-refractivity contribution in [1.29, 1.82) is 0 Å². The highest BCUT2D eigenvalue weighted by atomic mass is 16.6. The summed E-state index contributed by atoms with van der Waals surface area (Å²) in [5.74, 6) is 0.0181. The molecule has 1 aliphatic heterocycles. The minimum Gasteiger partial charge on any atom is -0.339 e. The van der Waals surface area contributed by atoms with Gasteiger partial charge in [-0.2, -0.15) is 0 Å². The van der Waals surface area contributed by atoms with E-state index in [1.165, 1.54) is 6.07 Å². The number of carbonyl (C=O) groups is 1. The molecule has 0 spiro atoms. The zero-order valence-corrected chi connectivity index (χ0v) is 12.8. The first kappa shape index (κ1) is 16.4. The van der Waals surface area contributed by atoms with Gasteiger partial charge in [0, 0.05) is 30.5 Å². The van der Waals surface area contributed by atoms with E-state index in [-0.39, 0.29) is 29.7 Å². The molecule has 0 saturated carbocycles. The highest BCUT2D eigenvalue weighted by Gasteiger charge is 2.27. The Kier molecular flexibility index (Phi) is 5.46. The largest absolute Gasteiger partial charge is 0.339 e. The fourth-order valence-electron chi connectivity index (χ4n) is 2.60. The smallest absolute Gasteiger partial charge is 0.269 e. The van der Waals surface area contributed by atoms with Crippen LogP contribution in [-0.4, -0.2) is 17.0 Å². The van der Waals surface area contributed by atoms with Gasteiger partial charge in [0.15, 0.2) is 0 Å². The quantitative estimate of drug-likeness (QED) is 0.552. The molecule has 0 radical (unpaired) electrons. The van der Waals surface area contributed by atoms with Crippen LogP contribution in [0, 0.1) is 16.0 Å². The summed E-state index contributed by atoms with van der Waals surface area (Å²) in [4.78, 5) is 22.4. The van der Waals surface area contributed by atoms with Gasteiger partial charge in [0.25, 0.3) is 5.69 Å². The molecule has 22 heavy (non-hydrogen) atoms. The number of nitro benzene ring substituents is 1. The minimum atomic E-state index is -0.405. The predicted octanol–water partition coefficient (Wildman–Crippen LogP) is 2.01. The highest BCUT2D eigenvalue weighted by molar-refractivity contribution is 5.78. The van der Waals surface area contributed by atoms with Crippen LogP contribution in [0.3, 0.4) is 0 Å². The molecule has 1 fully saturated rings. The Hall–Kier alpha value is -1.99. The summed E-state index contributed by atoms with van der Waals surface area (Å²) in [5, 5.41) is 13.8. The van der Waals surface area contributed by atoms with Crippen LogP contribution in [0.2, 0.25) is 0 Å². The third-order valence-corrected chi connectivity index (χ3v) is 3.87. The summed E-state index contributed by atoms with van der Waals surface area (Å²) >= 11 is 0. The number of hydrogen-bond donors (Lipinski definition) is 3. The lowest BCUT2D eigenvalue weighted by Gasteiger charge is -2.16. The summed E-state index contributed by atoms with van der Waals surface area (Å²) in [7, 11) is 0. The van der Waals surface area contributed by atoms with Crippen molar-refractivity contribution in [1.82, 2.24) is 16.2 Å². The zero-order valence-electron chi connectivity index (χ0n) is 12.8. The van der Waals surface area contributed by atoms with Crippen molar-refractivity contribution in [3.05, 3.63) is 39.9 Å². The second-order valence-electron chi connectivity index (χ2n) is 5.68. The molecule has 120 valence electrons. The van der Waals surface area contributed by atoms with Crippen molar-refractivity contribution in [2.24, 2.45) is 5.92 Å². The van der Waals surface area contributed by atoms with E-state index in [9.17, 15) is 14.9 Å². The molecule has 3 N–H and O–H groups in total. The molecule has 3 atom stereocenters. The molecule has 1 aromatic carbocycles. The predicted molar refractivity (Wildman–Crippen MR) is 82.7 cm³/mol. The van der Waals surface area contributed by atoms with E-state index in [1.807, 2.05) is 13.0 Å². The molecule has 1 saturated heterocycles. The lowest BCUT2D eigenvalue weighted by Crippen LogP contribution is -2.45. The van der Waals surface area contributed by atoms with Crippen molar-refractivity contribution in [3.63, 3.8) is 0 Å². The van der Waals surface area contributed by atoms with Crippen molar-refractivity contribution in [3.8, 4) is 0 Å². The summed E-state index contributed by atoms with van der Waals surface area (Å²) in [6.07, 6.45) is 2.31. The topological polar surface area (TPSA) is 96.3 Å². The Bertz CT molecular complexity index is 549. The second kappa shape index (κ2) is 7.33. The van der Waals surface area contributed by atoms with Crippen molar-refractivity contribution < 1.29 is 9.72 Å². The van der Waals surface area contributed by atoms with E-state index in [2.05, 4.69) is 23.1 Å². The van der Waals surface area contributed by atoms with Crippen molar-refractivity contribution in [2.45, 2.75) is 45.3 Å². The molecule has 1 aliphatic rings. The fourth-order valence-corrected chi connectivity index (χ4v) is 2.60. The van der Waals surface area contributed by atoms with Crippen LogP contribution in [0.1, 0.15) is 44.7 Å². The molecule has 1 heterocycles. The van der Waals surface area contributed by atoms with Gasteiger partial charge < -0.3 is 5.32 Å². The van der Waals surface area contributed by atoms with Gasteiger partial charge in [-0.25, -0.2) is 10.9 Å². The molecule has 1 amide bonds. The molecule has 0 aromatic heterocycles. The number of carbonyl (C=O) groups excluding carboxylic acids is 1. The maximum absolute atomic E-state index is 12.0. The second-order valence-corrected chi connectivity index (χ2v) is 5.68. The van der Waals surface area contributed by atoms with Crippen molar-refractivity contribution >= 4 is 11.6 Å². The van der Waals surface area contributed by atoms with Gasteiger partial charge in [0.2, 0.25) is 5.91 Å². The monoisotopic (exact) mass is 306 g/mol. The highest BCUT2D eigenvalue weighted by Crippen LogP contribution is 2.24. The fraction of sp³-hybridized carbons (Fsp3) is 0.533.